The van der Waals surface area contributed by atoms with Crippen LogP contribution in [0.4, 0.5) is 5.69 Å². The Morgan fingerprint density at radius 3 is 2.61 bits per heavy atom. The molecule has 1 rings (SSSR count). The van der Waals surface area contributed by atoms with Crippen molar-refractivity contribution in [3.63, 3.8) is 0 Å². The van der Waals surface area contributed by atoms with E-state index in [2.05, 4.69) is 12.2 Å². The van der Waals surface area contributed by atoms with Crippen LogP contribution in [0.5, 0.6) is 5.75 Å². The summed E-state index contributed by atoms with van der Waals surface area (Å²) in [6, 6.07) is 2.60. The first-order chi connectivity index (χ1) is 8.24. The van der Waals surface area contributed by atoms with Gasteiger partial charge >= 0.3 is 5.69 Å². The lowest BCUT2D eigenvalue weighted by Crippen LogP contribution is -2.44. The summed E-state index contributed by atoms with van der Waals surface area (Å²) in [5.41, 5.74) is 6.28. The first-order valence-corrected chi connectivity index (χ1v) is 6.18. The summed E-state index contributed by atoms with van der Waals surface area (Å²) in [7, 11) is -4.07. The Bertz CT molecular complexity index is 600. The van der Waals surface area contributed by atoms with Crippen LogP contribution in [-0.4, -0.2) is 23.6 Å². The maximum absolute atomic E-state index is 11.6. The number of phenols is 1. The lowest BCUT2D eigenvalue weighted by atomic mass is 10.3. The fraction of sp³-hybridized carbons (Fsp3) is 0. The fourth-order valence-corrected chi connectivity index (χ4v) is 1.98. The number of phenolic OH excluding ortho intramolecular Hbond substituents is 1. The van der Waals surface area contributed by atoms with E-state index in [0.29, 0.717) is 6.07 Å². The third-order valence-corrected chi connectivity index (χ3v) is 3.11. The number of sulfonamides is 1. The normalized spacial score (nSPS) is 10.9. The number of benzene rings is 1. The highest BCUT2D eigenvalue weighted by atomic mass is 32.2. The molecule has 9 nitrogen and oxygen atoms in total. The number of rotatable bonds is 4. The molecule has 1 aromatic rings. The highest BCUT2D eigenvalue weighted by Gasteiger charge is 2.21. The van der Waals surface area contributed by atoms with Crippen LogP contribution in [0.1, 0.15) is 0 Å². The SMILES string of the molecule is NC(=S)NNS(=O)(=O)c1ccc(O)c([N+](=O)[O-])c1. The van der Waals surface area contributed by atoms with Crippen molar-refractivity contribution < 1.29 is 18.4 Å². The molecule has 5 N–H and O–H groups in total. The molecule has 0 amide bonds. The lowest BCUT2D eigenvalue weighted by Gasteiger charge is -2.07. The maximum atomic E-state index is 11.6. The molecule has 1 aromatic carbocycles. The van der Waals surface area contributed by atoms with E-state index in [4.69, 9.17) is 5.73 Å². The zero-order chi connectivity index (χ0) is 13.9. The summed E-state index contributed by atoms with van der Waals surface area (Å²) >= 11 is 4.39. The van der Waals surface area contributed by atoms with Gasteiger partial charge in [0, 0.05) is 6.07 Å². The van der Waals surface area contributed by atoms with Gasteiger partial charge in [0.2, 0.25) is 0 Å². The summed E-state index contributed by atoms with van der Waals surface area (Å²) in [6.07, 6.45) is 0. The van der Waals surface area contributed by atoms with Crippen LogP contribution >= 0.6 is 12.2 Å². The van der Waals surface area contributed by atoms with E-state index in [1.807, 2.05) is 10.3 Å². The monoisotopic (exact) mass is 292 g/mol. The van der Waals surface area contributed by atoms with Gasteiger partial charge in [-0.1, -0.05) is 0 Å². The van der Waals surface area contributed by atoms with Gasteiger partial charge in [-0.2, -0.15) is 0 Å². The van der Waals surface area contributed by atoms with Gasteiger partial charge < -0.3 is 10.8 Å². The van der Waals surface area contributed by atoms with Crippen LogP contribution in [0.25, 0.3) is 0 Å². The van der Waals surface area contributed by atoms with Gasteiger partial charge in [0.25, 0.3) is 10.0 Å². The van der Waals surface area contributed by atoms with E-state index in [-0.39, 0.29) is 5.11 Å². The molecule has 0 unspecified atom stereocenters. The maximum Gasteiger partial charge on any atom is 0.312 e. The number of aromatic hydroxyl groups is 1. The number of nitrogens with one attached hydrogen (secondary N) is 2. The van der Waals surface area contributed by atoms with E-state index < -0.39 is 31.3 Å². The van der Waals surface area contributed by atoms with Crippen molar-refractivity contribution in [2.75, 3.05) is 0 Å². The number of hydrazine groups is 1. The van der Waals surface area contributed by atoms with Crippen LogP contribution in [-0.2, 0) is 10.0 Å². The molecule has 0 aliphatic rings. The predicted octanol–water partition coefficient (Wildman–Crippen LogP) is -0.673. The molecule has 0 aliphatic heterocycles. The van der Waals surface area contributed by atoms with Crippen molar-refractivity contribution in [3.8, 4) is 5.75 Å². The molecule has 0 saturated heterocycles. The second-order valence-electron chi connectivity index (χ2n) is 3.00. The van der Waals surface area contributed by atoms with Crippen LogP contribution in [0.2, 0.25) is 0 Å². The number of nitro benzene ring substituents is 1. The summed E-state index contributed by atoms with van der Waals surface area (Å²) in [4.78, 5) is 11.0. The van der Waals surface area contributed by atoms with Crippen molar-refractivity contribution in [3.05, 3.63) is 28.3 Å². The van der Waals surface area contributed by atoms with Crippen molar-refractivity contribution in [1.82, 2.24) is 10.3 Å². The van der Waals surface area contributed by atoms with Gasteiger partial charge in [-0.05, 0) is 24.4 Å². The highest BCUT2D eigenvalue weighted by Crippen LogP contribution is 2.27. The van der Waals surface area contributed by atoms with E-state index >= 15 is 0 Å². The largest absolute Gasteiger partial charge is 0.502 e. The van der Waals surface area contributed by atoms with Crippen LogP contribution < -0.4 is 16.0 Å². The fourth-order valence-electron chi connectivity index (χ4n) is 0.993. The van der Waals surface area contributed by atoms with Crippen molar-refractivity contribution >= 4 is 33.0 Å². The average molecular weight is 292 g/mol. The lowest BCUT2D eigenvalue weighted by molar-refractivity contribution is -0.386. The number of thiocarbonyl (C=S) groups is 1. The second kappa shape index (κ2) is 5.12. The number of hydrogen-bond acceptors (Lipinski definition) is 6. The average Bonchev–Trinajstić information content (AvgIpc) is 2.26. The van der Waals surface area contributed by atoms with E-state index in [1.165, 1.54) is 0 Å². The zero-order valence-corrected chi connectivity index (χ0v) is 10.3. The summed E-state index contributed by atoms with van der Waals surface area (Å²) in [6.45, 7) is 0. The first-order valence-electron chi connectivity index (χ1n) is 4.28. The standard InChI is InChI=1S/C7H8N4O5S2/c8-7(17)9-10-18(15,16)4-1-2-6(12)5(3-4)11(13)14/h1-3,10,12H,(H3,8,9,17). The molecule has 0 fully saturated rings. The highest BCUT2D eigenvalue weighted by molar-refractivity contribution is 7.89. The number of nitrogens with zero attached hydrogens (tertiary/aromatic N) is 1. The zero-order valence-electron chi connectivity index (χ0n) is 8.65. The third kappa shape index (κ3) is 3.26. The van der Waals surface area contributed by atoms with E-state index in [0.717, 1.165) is 12.1 Å². The van der Waals surface area contributed by atoms with Crippen LogP contribution in [0.15, 0.2) is 23.1 Å². The Balaban J connectivity index is 3.14. The predicted molar refractivity (Wildman–Crippen MR) is 65.0 cm³/mol. The molecule has 18 heavy (non-hydrogen) atoms. The minimum absolute atomic E-state index is 0.313. The molecule has 0 saturated carbocycles. The van der Waals surface area contributed by atoms with E-state index in [1.54, 1.807) is 0 Å². The number of hydrogen-bond donors (Lipinski definition) is 4. The molecular weight excluding hydrogens is 284 g/mol. The Morgan fingerprint density at radius 2 is 2.11 bits per heavy atom. The Kier molecular flexibility index (Phi) is 4.00. The summed E-state index contributed by atoms with van der Waals surface area (Å²) < 4.78 is 23.3. The van der Waals surface area contributed by atoms with Crippen LogP contribution in [0.3, 0.4) is 0 Å². The number of nitro groups is 1. The molecular formula is C7H8N4O5S2. The molecule has 0 aromatic heterocycles. The quantitative estimate of drug-likeness (QED) is 0.324. The van der Waals surface area contributed by atoms with Crippen LogP contribution in [0, 0.1) is 10.1 Å². The molecule has 0 spiro atoms. The smallest absolute Gasteiger partial charge is 0.312 e. The van der Waals surface area contributed by atoms with Crippen molar-refractivity contribution in [1.29, 1.82) is 0 Å². The molecule has 0 heterocycles. The molecule has 0 radical (unpaired) electrons. The Morgan fingerprint density at radius 1 is 1.50 bits per heavy atom. The molecule has 11 heteroatoms. The summed E-state index contributed by atoms with van der Waals surface area (Å²) in [5, 5.41) is 19.4. The van der Waals surface area contributed by atoms with Gasteiger partial charge in [-0.25, -0.2) is 8.42 Å². The number of nitrogens with two attached hydrogens (primary N) is 1. The van der Waals surface area contributed by atoms with Crippen molar-refractivity contribution in [2.45, 2.75) is 4.90 Å². The van der Waals surface area contributed by atoms with Gasteiger partial charge in [-0.15, -0.1) is 4.83 Å². The topological polar surface area (TPSA) is 148 Å². The second-order valence-corrected chi connectivity index (χ2v) is 5.12. The van der Waals surface area contributed by atoms with Gasteiger partial charge in [0.05, 0.1) is 9.82 Å². The first kappa shape index (κ1) is 14.1. The third-order valence-electron chi connectivity index (χ3n) is 1.76. The summed E-state index contributed by atoms with van der Waals surface area (Å²) in [5.74, 6) is -0.638. The molecule has 0 aliphatic carbocycles. The van der Waals surface area contributed by atoms with Gasteiger partial charge in [-0.3, -0.25) is 15.5 Å². The molecule has 0 bridgehead atoms. The van der Waals surface area contributed by atoms with Crippen molar-refractivity contribution in [2.24, 2.45) is 5.73 Å². The van der Waals surface area contributed by atoms with Gasteiger partial charge in [0.1, 0.15) is 0 Å². The minimum Gasteiger partial charge on any atom is -0.502 e. The Hall–Kier alpha value is -1.98. The van der Waals surface area contributed by atoms with Gasteiger partial charge in [0.15, 0.2) is 10.9 Å². The molecule has 0 atom stereocenters. The Labute approximate surface area is 107 Å². The molecule has 98 valence electrons. The minimum atomic E-state index is -4.07. The van der Waals surface area contributed by atoms with E-state index in [9.17, 15) is 23.6 Å².